The van der Waals surface area contributed by atoms with E-state index < -0.39 is 8.07 Å². The third-order valence-corrected chi connectivity index (χ3v) is 5.35. The highest BCUT2D eigenvalue weighted by atomic mass is 28.3. The van der Waals surface area contributed by atoms with Crippen LogP contribution in [-0.4, -0.2) is 14.6 Å². The Hall–Kier alpha value is -0.603. The standard InChI is InChI=1S/C11H19NSi/c1-13(2,9-8-12)10-11-6-4-3-5-7-11/h3-7H,8-10,12H2,1-2H3. The maximum atomic E-state index is 5.60. The van der Waals surface area contributed by atoms with E-state index in [0.29, 0.717) is 0 Å². The molecule has 72 valence electrons. The van der Waals surface area contributed by atoms with Gasteiger partial charge in [0.15, 0.2) is 0 Å². The first-order valence-corrected chi connectivity index (χ1v) is 8.29. The summed E-state index contributed by atoms with van der Waals surface area (Å²) in [6.07, 6.45) is 0. The molecule has 1 aromatic carbocycles. The van der Waals surface area contributed by atoms with Crippen molar-refractivity contribution in [1.82, 2.24) is 0 Å². The Bertz CT molecular complexity index is 244. The average molecular weight is 193 g/mol. The maximum Gasteiger partial charge on any atom is 0.0530 e. The molecule has 0 bridgehead atoms. The molecule has 0 spiro atoms. The van der Waals surface area contributed by atoms with Gasteiger partial charge in [0.2, 0.25) is 0 Å². The van der Waals surface area contributed by atoms with E-state index in [9.17, 15) is 0 Å². The lowest BCUT2D eigenvalue weighted by Gasteiger charge is -2.21. The second-order valence-electron chi connectivity index (χ2n) is 4.37. The molecular formula is C11H19NSi. The summed E-state index contributed by atoms with van der Waals surface area (Å²) in [5.41, 5.74) is 7.07. The highest BCUT2D eigenvalue weighted by Crippen LogP contribution is 2.15. The van der Waals surface area contributed by atoms with Crippen LogP contribution >= 0.6 is 0 Å². The summed E-state index contributed by atoms with van der Waals surface area (Å²) in [5.74, 6) is 0. The molecule has 0 amide bonds. The Morgan fingerprint density at radius 1 is 1.15 bits per heavy atom. The quantitative estimate of drug-likeness (QED) is 0.730. The minimum atomic E-state index is -1.07. The summed E-state index contributed by atoms with van der Waals surface area (Å²) >= 11 is 0. The van der Waals surface area contributed by atoms with Gasteiger partial charge in [-0.1, -0.05) is 49.0 Å². The zero-order chi connectivity index (χ0) is 9.73. The third-order valence-electron chi connectivity index (χ3n) is 2.35. The van der Waals surface area contributed by atoms with Gasteiger partial charge in [0, 0.05) is 0 Å². The van der Waals surface area contributed by atoms with Gasteiger partial charge >= 0.3 is 0 Å². The van der Waals surface area contributed by atoms with E-state index in [0.717, 1.165) is 6.54 Å². The third kappa shape index (κ3) is 3.74. The molecule has 2 N–H and O–H groups in total. The Kier molecular flexibility index (Phi) is 3.69. The molecular weight excluding hydrogens is 174 g/mol. The Morgan fingerprint density at radius 3 is 2.31 bits per heavy atom. The van der Waals surface area contributed by atoms with E-state index in [1.165, 1.54) is 17.7 Å². The number of hydrogen-bond acceptors (Lipinski definition) is 1. The lowest BCUT2D eigenvalue weighted by molar-refractivity contribution is 1.07. The number of nitrogens with two attached hydrogens (primary N) is 1. The summed E-state index contributed by atoms with van der Waals surface area (Å²) in [7, 11) is -1.07. The summed E-state index contributed by atoms with van der Waals surface area (Å²) in [6, 6.07) is 13.2. The van der Waals surface area contributed by atoms with Gasteiger partial charge in [-0.25, -0.2) is 0 Å². The van der Waals surface area contributed by atoms with Crippen LogP contribution in [0, 0.1) is 0 Å². The van der Waals surface area contributed by atoms with Crippen molar-refractivity contribution in [2.45, 2.75) is 25.2 Å². The molecule has 0 aliphatic carbocycles. The van der Waals surface area contributed by atoms with Crippen molar-refractivity contribution in [3.05, 3.63) is 35.9 Å². The van der Waals surface area contributed by atoms with Crippen molar-refractivity contribution in [3.63, 3.8) is 0 Å². The molecule has 0 saturated heterocycles. The Morgan fingerprint density at radius 2 is 1.77 bits per heavy atom. The fourth-order valence-electron chi connectivity index (χ4n) is 1.63. The van der Waals surface area contributed by atoms with E-state index in [-0.39, 0.29) is 0 Å². The summed E-state index contributed by atoms with van der Waals surface area (Å²) < 4.78 is 0. The van der Waals surface area contributed by atoms with Gasteiger partial charge in [0.05, 0.1) is 8.07 Å². The van der Waals surface area contributed by atoms with Crippen molar-refractivity contribution in [2.24, 2.45) is 5.73 Å². The molecule has 1 aromatic rings. The molecule has 0 aromatic heterocycles. The SMILES string of the molecule is C[Si](C)(CCN)Cc1ccccc1. The van der Waals surface area contributed by atoms with Gasteiger partial charge in [-0.3, -0.25) is 0 Å². The van der Waals surface area contributed by atoms with E-state index in [1.807, 2.05) is 0 Å². The van der Waals surface area contributed by atoms with Gasteiger partial charge in [-0.05, 0) is 18.6 Å². The molecule has 2 heteroatoms. The largest absolute Gasteiger partial charge is 0.331 e. The molecule has 0 radical (unpaired) electrons. The minimum Gasteiger partial charge on any atom is -0.331 e. The highest BCUT2D eigenvalue weighted by molar-refractivity contribution is 6.76. The van der Waals surface area contributed by atoms with E-state index >= 15 is 0 Å². The van der Waals surface area contributed by atoms with Gasteiger partial charge in [-0.2, -0.15) is 0 Å². The average Bonchev–Trinajstić information content (AvgIpc) is 2.04. The van der Waals surface area contributed by atoms with E-state index in [4.69, 9.17) is 5.73 Å². The summed E-state index contributed by atoms with van der Waals surface area (Å²) in [5, 5.41) is 0. The van der Waals surface area contributed by atoms with Crippen LogP contribution in [-0.2, 0) is 6.04 Å². The Balaban J connectivity index is 2.58. The van der Waals surface area contributed by atoms with Gasteiger partial charge in [0.1, 0.15) is 0 Å². The van der Waals surface area contributed by atoms with Crippen LogP contribution in [0.15, 0.2) is 30.3 Å². The zero-order valence-electron chi connectivity index (χ0n) is 8.59. The molecule has 0 heterocycles. The maximum absolute atomic E-state index is 5.60. The molecule has 0 aliphatic rings. The molecule has 0 fully saturated rings. The molecule has 0 atom stereocenters. The monoisotopic (exact) mass is 193 g/mol. The van der Waals surface area contributed by atoms with Crippen LogP contribution in [0.4, 0.5) is 0 Å². The predicted octanol–water partition coefficient (Wildman–Crippen LogP) is 2.44. The van der Waals surface area contributed by atoms with Gasteiger partial charge in [0.25, 0.3) is 0 Å². The molecule has 13 heavy (non-hydrogen) atoms. The van der Waals surface area contributed by atoms with Crippen LogP contribution in [0.25, 0.3) is 0 Å². The topological polar surface area (TPSA) is 26.0 Å². The Labute approximate surface area is 82.0 Å². The first-order chi connectivity index (χ1) is 6.14. The fourth-order valence-corrected chi connectivity index (χ4v) is 3.93. The minimum absolute atomic E-state index is 0.839. The van der Waals surface area contributed by atoms with Crippen molar-refractivity contribution >= 4 is 8.07 Å². The second kappa shape index (κ2) is 4.58. The lowest BCUT2D eigenvalue weighted by atomic mass is 10.2. The van der Waals surface area contributed by atoms with Crippen LogP contribution < -0.4 is 5.73 Å². The lowest BCUT2D eigenvalue weighted by Crippen LogP contribution is -2.31. The summed E-state index contributed by atoms with van der Waals surface area (Å²) in [6.45, 7) is 5.66. The molecule has 1 nitrogen and oxygen atoms in total. The van der Waals surface area contributed by atoms with Gasteiger partial charge in [-0.15, -0.1) is 0 Å². The van der Waals surface area contributed by atoms with Crippen molar-refractivity contribution < 1.29 is 0 Å². The first kappa shape index (κ1) is 10.5. The smallest absolute Gasteiger partial charge is 0.0530 e. The second-order valence-corrected chi connectivity index (χ2v) is 9.55. The normalized spacial score (nSPS) is 11.6. The number of benzene rings is 1. The van der Waals surface area contributed by atoms with E-state index in [2.05, 4.69) is 43.4 Å². The number of rotatable bonds is 4. The van der Waals surface area contributed by atoms with Gasteiger partial charge < -0.3 is 5.73 Å². The molecule has 0 unspecified atom stereocenters. The predicted molar refractivity (Wildman–Crippen MR) is 61.5 cm³/mol. The molecule has 0 aliphatic heterocycles. The molecule has 0 saturated carbocycles. The highest BCUT2D eigenvalue weighted by Gasteiger charge is 2.19. The van der Waals surface area contributed by atoms with Crippen LogP contribution in [0.1, 0.15) is 5.56 Å². The van der Waals surface area contributed by atoms with Crippen molar-refractivity contribution in [1.29, 1.82) is 0 Å². The van der Waals surface area contributed by atoms with Crippen molar-refractivity contribution in [2.75, 3.05) is 6.54 Å². The van der Waals surface area contributed by atoms with Crippen LogP contribution in [0.2, 0.25) is 19.1 Å². The van der Waals surface area contributed by atoms with Crippen LogP contribution in [0.5, 0.6) is 0 Å². The fraction of sp³-hybridized carbons (Fsp3) is 0.455. The first-order valence-electron chi connectivity index (χ1n) is 4.88. The molecule has 1 rings (SSSR count). The van der Waals surface area contributed by atoms with Crippen LogP contribution in [0.3, 0.4) is 0 Å². The van der Waals surface area contributed by atoms with E-state index in [1.54, 1.807) is 0 Å². The van der Waals surface area contributed by atoms with Crippen molar-refractivity contribution in [3.8, 4) is 0 Å². The summed E-state index contributed by atoms with van der Waals surface area (Å²) in [4.78, 5) is 0. The number of hydrogen-bond donors (Lipinski definition) is 1. The zero-order valence-corrected chi connectivity index (χ0v) is 9.59.